The molecule has 0 spiro atoms. The van der Waals surface area contributed by atoms with E-state index >= 15 is 0 Å². The second-order valence-corrected chi connectivity index (χ2v) is 8.83. The molecular formula is C25H31ClN2O2. The van der Waals surface area contributed by atoms with Gasteiger partial charge in [0.1, 0.15) is 5.75 Å². The van der Waals surface area contributed by atoms with Crippen LogP contribution in [0.3, 0.4) is 0 Å². The minimum absolute atomic E-state index is 0.0951. The average molecular weight is 427 g/mol. The molecule has 1 aliphatic heterocycles. The molecule has 1 atom stereocenters. The molecule has 0 unspecified atom stereocenters. The highest BCUT2D eigenvalue weighted by Crippen LogP contribution is 2.28. The number of piperazine rings is 1. The molecule has 1 heterocycles. The Balaban J connectivity index is 1.38. The molecule has 4 rings (SSSR count). The maximum absolute atomic E-state index is 13.1. The van der Waals surface area contributed by atoms with Gasteiger partial charge < -0.3 is 14.5 Å². The number of anilines is 1. The lowest BCUT2D eigenvalue weighted by molar-refractivity contribution is -0.139. The van der Waals surface area contributed by atoms with Gasteiger partial charge in [0.2, 0.25) is 0 Å². The average Bonchev–Trinajstić information content (AvgIpc) is 2.78. The van der Waals surface area contributed by atoms with Gasteiger partial charge in [0.25, 0.3) is 5.91 Å². The molecule has 0 N–H and O–H groups in total. The second kappa shape index (κ2) is 9.30. The highest BCUT2D eigenvalue weighted by atomic mass is 35.5. The first kappa shape index (κ1) is 21.0. The van der Waals surface area contributed by atoms with Crippen molar-refractivity contribution in [2.45, 2.75) is 52.1 Å². The van der Waals surface area contributed by atoms with Gasteiger partial charge in [-0.1, -0.05) is 30.7 Å². The highest BCUT2D eigenvalue weighted by molar-refractivity contribution is 6.30. The molecule has 1 amide bonds. The predicted octanol–water partition coefficient (Wildman–Crippen LogP) is 5.03. The molecule has 2 aromatic rings. The lowest BCUT2D eigenvalue weighted by Gasteiger charge is -2.38. The van der Waals surface area contributed by atoms with Crippen molar-refractivity contribution in [3.05, 3.63) is 58.1 Å². The topological polar surface area (TPSA) is 32.8 Å². The standard InChI is InChI=1S/C25H31ClN2O2/c1-3-24(30-22-11-9-19-6-4-5-7-20(19)16-22)25(29)28-14-12-27(13-15-28)23-17-21(26)10-8-18(23)2/h8-11,16-17,24H,3-7,12-15H2,1-2H3/t24-/m0/s1. The van der Waals surface area contributed by atoms with Crippen LogP contribution >= 0.6 is 11.6 Å². The van der Waals surface area contributed by atoms with Crippen LogP contribution in [0.5, 0.6) is 5.75 Å². The van der Waals surface area contributed by atoms with Gasteiger partial charge in [-0.05, 0) is 80.0 Å². The van der Waals surface area contributed by atoms with Crippen molar-refractivity contribution in [2.24, 2.45) is 0 Å². The zero-order valence-electron chi connectivity index (χ0n) is 18.0. The van der Waals surface area contributed by atoms with Crippen LogP contribution in [-0.2, 0) is 17.6 Å². The summed E-state index contributed by atoms with van der Waals surface area (Å²) < 4.78 is 6.17. The lowest BCUT2D eigenvalue weighted by atomic mass is 9.92. The van der Waals surface area contributed by atoms with Crippen molar-refractivity contribution in [2.75, 3.05) is 31.1 Å². The molecule has 1 saturated heterocycles. The molecule has 0 radical (unpaired) electrons. The number of carbonyl (C=O) groups is 1. The molecule has 1 aliphatic carbocycles. The Morgan fingerprint density at radius 1 is 1.03 bits per heavy atom. The van der Waals surface area contributed by atoms with E-state index in [-0.39, 0.29) is 5.91 Å². The number of hydrogen-bond acceptors (Lipinski definition) is 3. The van der Waals surface area contributed by atoms with Crippen molar-refractivity contribution in [3.63, 3.8) is 0 Å². The molecule has 2 aromatic carbocycles. The van der Waals surface area contributed by atoms with Crippen molar-refractivity contribution in [3.8, 4) is 5.75 Å². The first-order chi connectivity index (χ1) is 14.5. The van der Waals surface area contributed by atoms with Crippen molar-refractivity contribution in [1.29, 1.82) is 0 Å². The second-order valence-electron chi connectivity index (χ2n) is 8.40. The van der Waals surface area contributed by atoms with Gasteiger partial charge in [-0.2, -0.15) is 0 Å². The van der Waals surface area contributed by atoms with Crippen molar-refractivity contribution < 1.29 is 9.53 Å². The van der Waals surface area contributed by atoms with Gasteiger partial charge in [-0.15, -0.1) is 0 Å². The summed E-state index contributed by atoms with van der Waals surface area (Å²) in [6.07, 6.45) is 5.02. The number of ether oxygens (including phenoxy) is 1. The Kier molecular flexibility index (Phi) is 6.52. The molecule has 0 aromatic heterocycles. The van der Waals surface area contributed by atoms with Gasteiger partial charge >= 0.3 is 0 Å². The number of aryl methyl sites for hydroxylation is 3. The Morgan fingerprint density at radius 2 is 1.77 bits per heavy atom. The summed E-state index contributed by atoms with van der Waals surface area (Å²) in [5.41, 5.74) is 5.18. The van der Waals surface area contributed by atoms with Crippen LogP contribution in [0.25, 0.3) is 0 Å². The summed E-state index contributed by atoms with van der Waals surface area (Å²) in [5.74, 6) is 0.918. The Labute approximate surface area is 184 Å². The fourth-order valence-corrected chi connectivity index (χ4v) is 4.72. The first-order valence-corrected chi connectivity index (χ1v) is 11.5. The molecule has 2 aliphatic rings. The fraction of sp³-hybridized carbons (Fsp3) is 0.480. The number of nitrogens with zero attached hydrogens (tertiary/aromatic N) is 2. The molecule has 30 heavy (non-hydrogen) atoms. The number of carbonyl (C=O) groups excluding carboxylic acids is 1. The van der Waals surface area contributed by atoms with Crippen molar-refractivity contribution >= 4 is 23.2 Å². The maximum Gasteiger partial charge on any atom is 0.263 e. The van der Waals surface area contributed by atoms with E-state index in [4.69, 9.17) is 16.3 Å². The van der Waals surface area contributed by atoms with Crippen LogP contribution in [0.4, 0.5) is 5.69 Å². The van der Waals surface area contributed by atoms with Crippen molar-refractivity contribution in [1.82, 2.24) is 4.90 Å². The SMILES string of the molecule is CC[C@H](Oc1ccc2c(c1)CCCC2)C(=O)N1CCN(c2cc(Cl)ccc2C)CC1. The van der Waals surface area contributed by atoms with Gasteiger partial charge in [0.05, 0.1) is 0 Å². The van der Waals surface area contributed by atoms with Crippen LogP contribution in [-0.4, -0.2) is 43.1 Å². The minimum Gasteiger partial charge on any atom is -0.481 e. The van der Waals surface area contributed by atoms with E-state index in [1.54, 1.807) is 0 Å². The Hall–Kier alpha value is -2.20. The Bertz CT molecular complexity index is 906. The van der Waals surface area contributed by atoms with E-state index in [2.05, 4.69) is 30.0 Å². The zero-order valence-corrected chi connectivity index (χ0v) is 18.8. The van der Waals surface area contributed by atoms with Gasteiger partial charge in [0, 0.05) is 36.9 Å². The number of amides is 1. The summed E-state index contributed by atoms with van der Waals surface area (Å²) >= 11 is 6.19. The molecule has 160 valence electrons. The van der Waals surface area contributed by atoms with E-state index in [9.17, 15) is 4.79 Å². The quantitative estimate of drug-likeness (QED) is 0.671. The van der Waals surface area contributed by atoms with Crippen LogP contribution in [0.1, 0.15) is 42.9 Å². The van der Waals surface area contributed by atoms with Gasteiger partial charge in [0.15, 0.2) is 6.10 Å². The third-order valence-electron chi connectivity index (χ3n) is 6.35. The van der Waals surface area contributed by atoms with E-state index in [1.807, 2.05) is 30.0 Å². The minimum atomic E-state index is -0.425. The Morgan fingerprint density at radius 3 is 2.50 bits per heavy atom. The molecular weight excluding hydrogens is 396 g/mol. The van der Waals surface area contributed by atoms with Crippen LogP contribution in [0, 0.1) is 6.92 Å². The largest absolute Gasteiger partial charge is 0.481 e. The monoisotopic (exact) mass is 426 g/mol. The first-order valence-electron chi connectivity index (χ1n) is 11.1. The predicted molar refractivity (Wildman–Crippen MR) is 123 cm³/mol. The number of fused-ring (bicyclic) bond motifs is 1. The zero-order chi connectivity index (χ0) is 21.1. The highest BCUT2D eigenvalue weighted by Gasteiger charge is 2.28. The molecule has 5 heteroatoms. The van der Waals surface area contributed by atoms with E-state index in [1.165, 1.54) is 29.5 Å². The summed E-state index contributed by atoms with van der Waals surface area (Å²) in [7, 11) is 0. The molecule has 0 saturated carbocycles. The van der Waals surface area contributed by atoms with E-state index in [0.29, 0.717) is 19.5 Å². The lowest BCUT2D eigenvalue weighted by Crippen LogP contribution is -2.52. The van der Waals surface area contributed by atoms with Crippen LogP contribution in [0.15, 0.2) is 36.4 Å². The maximum atomic E-state index is 13.1. The molecule has 0 bridgehead atoms. The van der Waals surface area contributed by atoms with Crippen LogP contribution in [0.2, 0.25) is 5.02 Å². The number of rotatable bonds is 5. The number of hydrogen-bond donors (Lipinski definition) is 0. The molecule has 1 fully saturated rings. The summed E-state index contributed by atoms with van der Waals surface area (Å²) in [6, 6.07) is 12.3. The normalized spacial score (nSPS) is 17.4. The summed E-state index contributed by atoms with van der Waals surface area (Å²) in [4.78, 5) is 17.4. The van der Waals surface area contributed by atoms with E-state index in [0.717, 1.165) is 42.4 Å². The van der Waals surface area contributed by atoms with Gasteiger partial charge in [-0.25, -0.2) is 0 Å². The third kappa shape index (κ3) is 4.59. The fourth-order valence-electron chi connectivity index (χ4n) is 4.55. The summed E-state index contributed by atoms with van der Waals surface area (Å²) in [6.45, 7) is 7.14. The summed E-state index contributed by atoms with van der Waals surface area (Å²) in [5, 5.41) is 0.749. The van der Waals surface area contributed by atoms with E-state index < -0.39 is 6.10 Å². The number of halogens is 1. The van der Waals surface area contributed by atoms with Crippen LogP contribution < -0.4 is 9.64 Å². The van der Waals surface area contributed by atoms with Gasteiger partial charge in [-0.3, -0.25) is 4.79 Å². The molecule has 4 nitrogen and oxygen atoms in total. The number of benzene rings is 2. The smallest absolute Gasteiger partial charge is 0.263 e. The third-order valence-corrected chi connectivity index (χ3v) is 6.58.